The molecule has 1 saturated heterocycles. The summed E-state index contributed by atoms with van der Waals surface area (Å²) in [4.78, 5) is 39.2. The van der Waals surface area contributed by atoms with Gasteiger partial charge in [-0.3, -0.25) is 14.9 Å². The van der Waals surface area contributed by atoms with Gasteiger partial charge in [-0.2, -0.15) is 0 Å². The van der Waals surface area contributed by atoms with Crippen LogP contribution in [-0.4, -0.2) is 17.8 Å². The summed E-state index contributed by atoms with van der Waals surface area (Å²) in [7, 11) is 0. The lowest BCUT2D eigenvalue weighted by Crippen LogP contribution is -2.54. The number of para-hydroxylation sites is 1. The van der Waals surface area contributed by atoms with Gasteiger partial charge in [0.1, 0.15) is 17.9 Å². The fourth-order valence-corrected chi connectivity index (χ4v) is 3.76. The molecule has 1 heterocycles. The number of carbonyl (C=O) groups is 3. The number of imide groups is 2. The van der Waals surface area contributed by atoms with E-state index in [0.29, 0.717) is 23.6 Å². The third-order valence-corrected chi connectivity index (χ3v) is 6.09. The van der Waals surface area contributed by atoms with E-state index in [1.165, 1.54) is 6.08 Å². The topological polar surface area (TPSA) is 75.7 Å². The second-order valence-corrected chi connectivity index (χ2v) is 8.56. The minimum atomic E-state index is -0.784. The number of nitrogens with one attached hydrogen (secondary N) is 1. The van der Waals surface area contributed by atoms with E-state index in [-0.39, 0.29) is 5.57 Å². The number of nitrogens with zero attached hydrogens (tertiary/aromatic N) is 1. The average Bonchev–Trinajstić information content (AvgIpc) is 2.78. The number of aryl methyl sites for hydroxylation is 2. The number of anilines is 1. The molecule has 1 aliphatic heterocycles. The second-order valence-electron chi connectivity index (χ2n) is 7.71. The summed E-state index contributed by atoms with van der Waals surface area (Å²) in [6, 6.07) is 19.4. The van der Waals surface area contributed by atoms with Crippen molar-refractivity contribution in [3.8, 4) is 5.75 Å². The zero-order valence-electron chi connectivity index (χ0n) is 18.1. The molecule has 1 fully saturated rings. The normalized spacial score (nSPS) is 15.1. The summed E-state index contributed by atoms with van der Waals surface area (Å²) in [6.45, 7) is 4.20. The van der Waals surface area contributed by atoms with Crippen molar-refractivity contribution < 1.29 is 19.1 Å². The number of urea groups is 1. The molecule has 0 saturated carbocycles. The first-order chi connectivity index (χ1) is 15.8. The molecule has 4 amide bonds. The summed E-state index contributed by atoms with van der Waals surface area (Å²) < 4.78 is 6.83. The first-order valence-corrected chi connectivity index (χ1v) is 11.1. The van der Waals surface area contributed by atoms with Crippen LogP contribution in [0.4, 0.5) is 10.5 Å². The SMILES string of the molecule is Cc1cccc(COc2ccccc2/C=C2\C(=O)NC(=O)N(c3ccc(Br)c(C)c3)C2=O)c1. The standard InChI is InChI=1S/C26H21BrN2O4/c1-16-6-5-7-18(12-16)15-33-23-9-4-3-8-19(23)14-21-24(30)28-26(32)29(25(21)31)20-10-11-22(27)17(2)13-20/h3-14H,15H2,1-2H3,(H,28,30,32)/b21-14+. The van der Waals surface area contributed by atoms with Gasteiger partial charge in [-0.1, -0.05) is 64.0 Å². The Morgan fingerprint density at radius 1 is 0.970 bits per heavy atom. The Hall–Kier alpha value is -3.71. The number of hydrogen-bond donors (Lipinski definition) is 1. The zero-order chi connectivity index (χ0) is 23.5. The highest BCUT2D eigenvalue weighted by Crippen LogP contribution is 2.28. The molecule has 166 valence electrons. The highest BCUT2D eigenvalue weighted by molar-refractivity contribution is 9.10. The van der Waals surface area contributed by atoms with Crippen molar-refractivity contribution in [1.29, 1.82) is 0 Å². The van der Waals surface area contributed by atoms with Gasteiger partial charge in [-0.15, -0.1) is 0 Å². The van der Waals surface area contributed by atoms with Crippen molar-refractivity contribution in [1.82, 2.24) is 5.32 Å². The van der Waals surface area contributed by atoms with Crippen LogP contribution in [0, 0.1) is 13.8 Å². The van der Waals surface area contributed by atoms with Crippen LogP contribution in [0.25, 0.3) is 6.08 Å². The smallest absolute Gasteiger partial charge is 0.335 e. The quantitative estimate of drug-likeness (QED) is 0.377. The number of rotatable bonds is 5. The number of benzene rings is 3. The molecule has 33 heavy (non-hydrogen) atoms. The van der Waals surface area contributed by atoms with E-state index in [1.54, 1.807) is 36.4 Å². The average molecular weight is 505 g/mol. The van der Waals surface area contributed by atoms with Crippen LogP contribution < -0.4 is 15.0 Å². The summed E-state index contributed by atoms with van der Waals surface area (Å²) in [5.74, 6) is -0.919. The van der Waals surface area contributed by atoms with Crippen molar-refractivity contribution >= 4 is 45.5 Å². The predicted octanol–water partition coefficient (Wildman–Crippen LogP) is 5.31. The van der Waals surface area contributed by atoms with Crippen molar-refractivity contribution in [2.45, 2.75) is 20.5 Å². The first-order valence-electron chi connectivity index (χ1n) is 10.3. The van der Waals surface area contributed by atoms with Crippen molar-refractivity contribution in [3.63, 3.8) is 0 Å². The Kier molecular flexibility index (Phi) is 6.42. The maximum atomic E-state index is 13.2. The fourth-order valence-electron chi connectivity index (χ4n) is 3.51. The van der Waals surface area contributed by atoms with Gasteiger partial charge in [0.15, 0.2) is 0 Å². The Morgan fingerprint density at radius 2 is 1.76 bits per heavy atom. The van der Waals surface area contributed by atoms with Crippen molar-refractivity contribution in [3.05, 3.63) is 99.0 Å². The number of halogens is 1. The molecule has 7 heteroatoms. The lowest BCUT2D eigenvalue weighted by Gasteiger charge is -2.26. The van der Waals surface area contributed by atoms with Gasteiger partial charge in [0.25, 0.3) is 11.8 Å². The molecule has 0 bridgehead atoms. The molecule has 3 aromatic carbocycles. The molecule has 0 atom stereocenters. The van der Waals surface area contributed by atoms with Gasteiger partial charge < -0.3 is 4.74 Å². The maximum absolute atomic E-state index is 13.2. The van der Waals surface area contributed by atoms with Crippen LogP contribution >= 0.6 is 15.9 Å². The predicted molar refractivity (Wildman–Crippen MR) is 130 cm³/mol. The Morgan fingerprint density at radius 3 is 2.52 bits per heavy atom. The molecule has 0 aliphatic carbocycles. The van der Waals surface area contributed by atoms with Crippen LogP contribution in [0.15, 0.2) is 76.8 Å². The third kappa shape index (κ3) is 4.88. The number of hydrogen-bond acceptors (Lipinski definition) is 4. The molecule has 0 spiro atoms. The van der Waals surface area contributed by atoms with Crippen LogP contribution in [0.5, 0.6) is 5.75 Å². The Bertz CT molecular complexity index is 1300. The molecule has 1 aliphatic rings. The van der Waals surface area contributed by atoms with Crippen LogP contribution in [0.3, 0.4) is 0 Å². The van der Waals surface area contributed by atoms with Crippen LogP contribution in [0.2, 0.25) is 0 Å². The van der Waals surface area contributed by atoms with Gasteiger partial charge in [0.05, 0.1) is 5.69 Å². The largest absolute Gasteiger partial charge is 0.488 e. The van der Waals surface area contributed by atoms with Gasteiger partial charge in [0, 0.05) is 10.0 Å². The van der Waals surface area contributed by atoms with E-state index < -0.39 is 17.8 Å². The lowest BCUT2D eigenvalue weighted by molar-refractivity contribution is -0.122. The van der Waals surface area contributed by atoms with Crippen LogP contribution in [0.1, 0.15) is 22.3 Å². The summed E-state index contributed by atoms with van der Waals surface area (Å²) in [5, 5.41) is 2.25. The first kappa shape index (κ1) is 22.5. The Balaban J connectivity index is 1.65. The minimum Gasteiger partial charge on any atom is -0.488 e. The molecule has 0 radical (unpaired) electrons. The number of carbonyl (C=O) groups excluding carboxylic acids is 3. The van der Waals surface area contributed by atoms with Gasteiger partial charge in [-0.25, -0.2) is 9.69 Å². The van der Waals surface area contributed by atoms with Gasteiger partial charge in [0.2, 0.25) is 0 Å². The van der Waals surface area contributed by atoms with Crippen molar-refractivity contribution in [2.24, 2.45) is 0 Å². The molecule has 0 aromatic heterocycles. The molecule has 0 unspecified atom stereocenters. The highest BCUT2D eigenvalue weighted by atomic mass is 79.9. The lowest BCUT2D eigenvalue weighted by atomic mass is 10.1. The highest BCUT2D eigenvalue weighted by Gasteiger charge is 2.37. The molecule has 1 N–H and O–H groups in total. The maximum Gasteiger partial charge on any atom is 0.335 e. The monoisotopic (exact) mass is 504 g/mol. The molecule has 6 nitrogen and oxygen atoms in total. The summed E-state index contributed by atoms with van der Waals surface area (Å²) in [5.41, 5.74) is 3.77. The summed E-state index contributed by atoms with van der Waals surface area (Å²) >= 11 is 3.41. The van der Waals surface area contributed by atoms with Gasteiger partial charge in [-0.05, 0) is 55.3 Å². The van der Waals surface area contributed by atoms with Crippen molar-refractivity contribution in [2.75, 3.05) is 4.90 Å². The van der Waals surface area contributed by atoms with Gasteiger partial charge >= 0.3 is 6.03 Å². The molecule has 4 rings (SSSR count). The van der Waals surface area contributed by atoms with E-state index in [2.05, 4.69) is 21.2 Å². The van der Waals surface area contributed by atoms with E-state index in [1.807, 2.05) is 44.2 Å². The molecular formula is C26H21BrN2O4. The van der Waals surface area contributed by atoms with E-state index in [4.69, 9.17) is 4.74 Å². The molecular weight excluding hydrogens is 484 g/mol. The molecule has 3 aromatic rings. The fraction of sp³-hybridized carbons (Fsp3) is 0.115. The van der Waals surface area contributed by atoms with E-state index in [0.717, 1.165) is 26.1 Å². The van der Waals surface area contributed by atoms with E-state index in [9.17, 15) is 14.4 Å². The summed E-state index contributed by atoms with van der Waals surface area (Å²) in [6.07, 6.45) is 1.45. The Labute approximate surface area is 200 Å². The van der Waals surface area contributed by atoms with Crippen LogP contribution in [-0.2, 0) is 16.2 Å². The zero-order valence-corrected chi connectivity index (χ0v) is 19.7. The second kappa shape index (κ2) is 9.42. The number of ether oxygens (including phenoxy) is 1. The number of barbiturate groups is 1. The minimum absolute atomic E-state index is 0.151. The number of amides is 4. The third-order valence-electron chi connectivity index (χ3n) is 5.20. The van der Waals surface area contributed by atoms with E-state index >= 15 is 0 Å².